The molecule has 148 valence electrons. The van der Waals surface area contributed by atoms with Gasteiger partial charge in [-0.15, -0.1) is 0 Å². The van der Waals surface area contributed by atoms with Crippen LogP contribution in [0.3, 0.4) is 0 Å². The Kier molecular flexibility index (Phi) is 6.80. The number of benzene rings is 2. The standard InChI is InChI=1S/C23H25Cl2NOS/c1-5-28-13-12-26-15(4)20(17-9-6-8-16(14(2)3)22(17)26)23(27)18-10-7-11-19(24)21(18)25/h6-11,14H,5,12-13H2,1-4H3. The first-order valence-electron chi connectivity index (χ1n) is 9.56. The average molecular weight is 434 g/mol. The van der Waals surface area contributed by atoms with Crippen molar-refractivity contribution in [3.63, 3.8) is 0 Å². The summed E-state index contributed by atoms with van der Waals surface area (Å²) in [7, 11) is 0. The third-order valence-electron chi connectivity index (χ3n) is 5.08. The quantitative estimate of drug-likeness (QED) is 0.286. The minimum atomic E-state index is -0.0715. The lowest BCUT2D eigenvalue weighted by atomic mass is 9.96. The number of rotatable bonds is 7. The molecule has 3 aromatic rings. The molecule has 0 N–H and O–H groups in total. The van der Waals surface area contributed by atoms with Gasteiger partial charge in [-0.2, -0.15) is 11.8 Å². The van der Waals surface area contributed by atoms with Crippen LogP contribution in [0.5, 0.6) is 0 Å². The third kappa shape index (κ3) is 3.85. The highest BCUT2D eigenvalue weighted by Crippen LogP contribution is 2.35. The highest BCUT2D eigenvalue weighted by Gasteiger charge is 2.25. The van der Waals surface area contributed by atoms with Gasteiger partial charge in [0.2, 0.25) is 0 Å². The fourth-order valence-electron chi connectivity index (χ4n) is 3.71. The normalized spacial score (nSPS) is 11.5. The molecule has 0 aliphatic rings. The van der Waals surface area contributed by atoms with E-state index >= 15 is 0 Å². The molecule has 0 radical (unpaired) electrons. The minimum Gasteiger partial charge on any atom is -0.343 e. The summed E-state index contributed by atoms with van der Waals surface area (Å²) >= 11 is 14.4. The monoisotopic (exact) mass is 433 g/mol. The van der Waals surface area contributed by atoms with Gasteiger partial charge >= 0.3 is 0 Å². The molecule has 0 bridgehead atoms. The van der Waals surface area contributed by atoms with Crippen molar-refractivity contribution in [2.24, 2.45) is 0 Å². The van der Waals surface area contributed by atoms with E-state index in [1.807, 2.05) is 30.8 Å². The van der Waals surface area contributed by atoms with Gasteiger partial charge in [-0.1, -0.05) is 68.2 Å². The zero-order valence-electron chi connectivity index (χ0n) is 16.7. The van der Waals surface area contributed by atoms with Crippen LogP contribution in [0.15, 0.2) is 36.4 Å². The van der Waals surface area contributed by atoms with Crippen LogP contribution in [0.25, 0.3) is 10.9 Å². The van der Waals surface area contributed by atoms with E-state index < -0.39 is 0 Å². The fourth-order valence-corrected chi connectivity index (χ4v) is 4.69. The molecule has 0 unspecified atom stereocenters. The van der Waals surface area contributed by atoms with Crippen LogP contribution >= 0.6 is 35.0 Å². The smallest absolute Gasteiger partial charge is 0.197 e. The molecular weight excluding hydrogens is 409 g/mol. The summed E-state index contributed by atoms with van der Waals surface area (Å²) in [5.74, 6) is 2.39. The summed E-state index contributed by atoms with van der Waals surface area (Å²) in [5.41, 5.74) is 4.59. The summed E-state index contributed by atoms with van der Waals surface area (Å²) in [6.07, 6.45) is 0. The lowest BCUT2D eigenvalue weighted by Crippen LogP contribution is -2.08. The van der Waals surface area contributed by atoms with E-state index in [0.29, 0.717) is 21.5 Å². The van der Waals surface area contributed by atoms with Crippen molar-refractivity contribution in [1.29, 1.82) is 0 Å². The molecule has 0 saturated heterocycles. The van der Waals surface area contributed by atoms with Crippen molar-refractivity contribution in [3.8, 4) is 0 Å². The Balaban J connectivity index is 2.25. The second-order valence-corrected chi connectivity index (χ2v) is 9.32. The van der Waals surface area contributed by atoms with Crippen LogP contribution in [-0.2, 0) is 6.54 Å². The van der Waals surface area contributed by atoms with Crippen molar-refractivity contribution >= 4 is 51.6 Å². The topological polar surface area (TPSA) is 22.0 Å². The molecule has 0 fully saturated rings. The number of thioether (sulfide) groups is 1. The largest absolute Gasteiger partial charge is 0.343 e. The first-order chi connectivity index (χ1) is 13.4. The predicted octanol–water partition coefficient (Wildman–Crippen LogP) is 7.36. The number of hydrogen-bond donors (Lipinski definition) is 0. The van der Waals surface area contributed by atoms with Crippen LogP contribution in [0.4, 0.5) is 0 Å². The van der Waals surface area contributed by atoms with Crippen LogP contribution < -0.4 is 0 Å². The summed E-state index contributed by atoms with van der Waals surface area (Å²) in [6, 6.07) is 11.5. The Morgan fingerprint density at radius 1 is 1.14 bits per heavy atom. The summed E-state index contributed by atoms with van der Waals surface area (Å²) < 4.78 is 2.30. The molecule has 0 amide bonds. The van der Waals surface area contributed by atoms with Gasteiger partial charge in [0.05, 0.1) is 21.1 Å². The molecule has 0 aliphatic carbocycles. The molecule has 28 heavy (non-hydrogen) atoms. The number of carbonyl (C=O) groups is 1. The number of aryl methyl sites for hydroxylation is 1. The van der Waals surface area contributed by atoms with Crippen LogP contribution in [0, 0.1) is 6.92 Å². The lowest BCUT2D eigenvalue weighted by molar-refractivity contribution is 0.103. The first-order valence-corrected chi connectivity index (χ1v) is 11.5. The average Bonchev–Trinajstić information content (AvgIpc) is 2.95. The van der Waals surface area contributed by atoms with Gasteiger partial charge in [-0.3, -0.25) is 4.79 Å². The van der Waals surface area contributed by atoms with Crippen molar-refractivity contribution in [2.45, 2.75) is 40.2 Å². The zero-order chi connectivity index (χ0) is 20.4. The van der Waals surface area contributed by atoms with E-state index in [1.165, 1.54) is 5.56 Å². The van der Waals surface area contributed by atoms with Gasteiger partial charge in [0.25, 0.3) is 0 Å². The van der Waals surface area contributed by atoms with Crippen molar-refractivity contribution in [1.82, 2.24) is 4.57 Å². The zero-order valence-corrected chi connectivity index (χ0v) is 19.0. The number of aromatic nitrogens is 1. The lowest BCUT2D eigenvalue weighted by Gasteiger charge is -2.13. The molecule has 1 aromatic heterocycles. The second-order valence-electron chi connectivity index (χ2n) is 7.14. The number of ketones is 1. The number of hydrogen-bond acceptors (Lipinski definition) is 2. The van der Waals surface area contributed by atoms with E-state index in [2.05, 4.69) is 31.4 Å². The van der Waals surface area contributed by atoms with Gasteiger partial charge in [-0.25, -0.2) is 0 Å². The van der Waals surface area contributed by atoms with Crippen molar-refractivity contribution in [2.75, 3.05) is 11.5 Å². The molecule has 0 atom stereocenters. The number of halogens is 2. The SMILES string of the molecule is CCSCCn1c(C)c(C(=O)c2cccc(Cl)c2Cl)c2cccc(C(C)C)c21. The minimum absolute atomic E-state index is 0.0715. The molecule has 2 aromatic carbocycles. The molecule has 0 aliphatic heterocycles. The number of fused-ring (bicyclic) bond motifs is 1. The Morgan fingerprint density at radius 2 is 1.86 bits per heavy atom. The van der Waals surface area contributed by atoms with E-state index in [4.69, 9.17) is 23.2 Å². The maximum atomic E-state index is 13.5. The summed E-state index contributed by atoms with van der Waals surface area (Å²) in [4.78, 5) is 13.5. The van der Waals surface area contributed by atoms with Gasteiger partial charge in [0.1, 0.15) is 0 Å². The summed E-state index contributed by atoms with van der Waals surface area (Å²) in [5, 5.41) is 1.71. The van der Waals surface area contributed by atoms with Crippen molar-refractivity contribution in [3.05, 3.63) is 68.8 Å². The van der Waals surface area contributed by atoms with Gasteiger partial charge in [-0.05, 0) is 36.3 Å². The third-order valence-corrected chi connectivity index (χ3v) is 6.78. The van der Waals surface area contributed by atoms with Crippen LogP contribution in [-0.4, -0.2) is 21.9 Å². The molecule has 0 saturated carbocycles. The Bertz CT molecular complexity index is 1020. The molecule has 5 heteroatoms. The van der Waals surface area contributed by atoms with Gasteiger partial charge in [0.15, 0.2) is 5.78 Å². The van der Waals surface area contributed by atoms with Crippen LogP contribution in [0.2, 0.25) is 10.0 Å². The van der Waals surface area contributed by atoms with Gasteiger partial charge < -0.3 is 4.57 Å². The molecule has 2 nitrogen and oxygen atoms in total. The van der Waals surface area contributed by atoms with E-state index in [-0.39, 0.29) is 5.78 Å². The van der Waals surface area contributed by atoms with Crippen LogP contribution in [0.1, 0.15) is 53.9 Å². The molecular formula is C23H25Cl2NOS. The van der Waals surface area contributed by atoms with E-state index in [0.717, 1.165) is 40.2 Å². The molecule has 0 spiro atoms. The highest BCUT2D eigenvalue weighted by atomic mass is 35.5. The maximum absolute atomic E-state index is 13.5. The Labute approximate surface area is 181 Å². The number of carbonyl (C=O) groups excluding carboxylic acids is 1. The summed E-state index contributed by atoms with van der Waals surface area (Å²) in [6.45, 7) is 9.46. The van der Waals surface area contributed by atoms with E-state index in [1.54, 1.807) is 18.2 Å². The number of para-hydroxylation sites is 1. The Morgan fingerprint density at radius 3 is 2.54 bits per heavy atom. The molecule has 1 heterocycles. The number of nitrogens with zero attached hydrogens (tertiary/aromatic N) is 1. The first kappa shape index (κ1) is 21.3. The maximum Gasteiger partial charge on any atom is 0.197 e. The highest BCUT2D eigenvalue weighted by molar-refractivity contribution is 7.99. The van der Waals surface area contributed by atoms with Gasteiger partial charge in [0, 0.05) is 28.9 Å². The predicted molar refractivity (Wildman–Crippen MR) is 124 cm³/mol. The van der Waals surface area contributed by atoms with Crippen molar-refractivity contribution < 1.29 is 4.79 Å². The van der Waals surface area contributed by atoms with E-state index in [9.17, 15) is 4.79 Å². The Hall–Kier alpha value is -1.42. The fraction of sp³-hybridized carbons (Fsp3) is 0.348. The molecule has 3 rings (SSSR count). The second kappa shape index (κ2) is 8.94.